The van der Waals surface area contributed by atoms with Crippen LogP contribution in [0.3, 0.4) is 0 Å². The standard InChI is InChI=1S/C13H8N4S/c14-5-8-6-16-13(17-12(8)15)10-7-18-11-4-2-1-3-9(10)11/h1-4,6-7H,(H2,15,16,17). The Morgan fingerprint density at radius 1 is 1.28 bits per heavy atom. The van der Waals surface area contributed by atoms with Crippen LogP contribution in [0.1, 0.15) is 5.56 Å². The first-order chi connectivity index (χ1) is 8.79. The van der Waals surface area contributed by atoms with Crippen LogP contribution in [-0.2, 0) is 0 Å². The average molecular weight is 252 g/mol. The highest BCUT2D eigenvalue weighted by Gasteiger charge is 2.10. The molecule has 0 saturated heterocycles. The van der Waals surface area contributed by atoms with Crippen molar-refractivity contribution in [2.45, 2.75) is 0 Å². The molecule has 0 saturated carbocycles. The molecule has 0 aliphatic heterocycles. The summed E-state index contributed by atoms with van der Waals surface area (Å²) in [5.74, 6) is 0.779. The molecule has 18 heavy (non-hydrogen) atoms. The first-order valence-corrected chi connectivity index (χ1v) is 6.17. The van der Waals surface area contributed by atoms with Crippen molar-refractivity contribution in [2.75, 3.05) is 5.73 Å². The molecular formula is C13H8N4S. The second kappa shape index (κ2) is 4.09. The fourth-order valence-corrected chi connectivity index (χ4v) is 2.70. The molecule has 0 atom stereocenters. The number of nitrogens with two attached hydrogens (primary N) is 1. The van der Waals surface area contributed by atoms with Crippen LogP contribution in [0.5, 0.6) is 0 Å². The molecule has 0 aliphatic rings. The fraction of sp³-hybridized carbons (Fsp3) is 0. The Morgan fingerprint density at radius 3 is 2.89 bits per heavy atom. The molecule has 0 amide bonds. The Kier molecular flexibility index (Phi) is 2.43. The molecule has 0 spiro atoms. The molecule has 2 N–H and O–H groups in total. The predicted molar refractivity (Wildman–Crippen MR) is 72.0 cm³/mol. The van der Waals surface area contributed by atoms with Gasteiger partial charge in [0.25, 0.3) is 0 Å². The van der Waals surface area contributed by atoms with Crippen molar-refractivity contribution in [1.29, 1.82) is 5.26 Å². The SMILES string of the molecule is N#Cc1cnc(-c2csc3ccccc23)nc1N. The molecule has 0 aliphatic carbocycles. The van der Waals surface area contributed by atoms with Crippen molar-refractivity contribution in [3.63, 3.8) is 0 Å². The first-order valence-electron chi connectivity index (χ1n) is 5.29. The molecule has 2 heterocycles. The number of nitrogens with zero attached hydrogens (tertiary/aromatic N) is 3. The number of anilines is 1. The van der Waals surface area contributed by atoms with E-state index in [0.717, 1.165) is 10.9 Å². The van der Waals surface area contributed by atoms with Gasteiger partial charge in [0.05, 0.1) is 6.20 Å². The third-order valence-electron chi connectivity index (χ3n) is 2.66. The van der Waals surface area contributed by atoms with Gasteiger partial charge >= 0.3 is 0 Å². The highest BCUT2D eigenvalue weighted by molar-refractivity contribution is 7.17. The molecule has 0 bridgehead atoms. The van der Waals surface area contributed by atoms with Crippen molar-refractivity contribution in [3.05, 3.63) is 41.4 Å². The maximum absolute atomic E-state index is 8.80. The van der Waals surface area contributed by atoms with Gasteiger partial charge in [0.1, 0.15) is 17.5 Å². The number of rotatable bonds is 1. The summed E-state index contributed by atoms with van der Waals surface area (Å²) in [6, 6.07) is 10.0. The molecule has 5 heteroatoms. The van der Waals surface area contributed by atoms with Crippen LogP contribution in [0, 0.1) is 11.3 Å². The number of thiophene rings is 1. The Hall–Kier alpha value is -2.45. The monoisotopic (exact) mass is 252 g/mol. The van der Waals surface area contributed by atoms with Crippen LogP contribution in [0.15, 0.2) is 35.8 Å². The van der Waals surface area contributed by atoms with Gasteiger partial charge in [0.15, 0.2) is 5.82 Å². The smallest absolute Gasteiger partial charge is 0.163 e. The molecule has 2 aromatic heterocycles. The second-order valence-corrected chi connectivity index (χ2v) is 4.66. The third kappa shape index (κ3) is 1.60. The minimum absolute atomic E-state index is 0.220. The van der Waals surface area contributed by atoms with Crippen LogP contribution in [0.25, 0.3) is 21.5 Å². The lowest BCUT2D eigenvalue weighted by Gasteiger charge is -2.00. The summed E-state index contributed by atoms with van der Waals surface area (Å²) in [4.78, 5) is 8.38. The number of nitrogen functional groups attached to an aromatic ring is 1. The van der Waals surface area contributed by atoms with Crippen LogP contribution >= 0.6 is 11.3 Å². The van der Waals surface area contributed by atoms with Gasteiger partial charge in [-0.15, -0.1) is 11.3 Å². The van der Waals surface area contributed by atoms with E-state index in [1.807, 2.05) is 29.6 Å². The number of aromatic nitrogens is 2. The maximum Gasteiger partial charge on any atom is 0.163 e. The number of benzene rings is 1. The van der Waals surface area contributed by atoms with E-state index in [2.05, 4.69) is 16.0 Å². The van der Waals surface area contributed by atoms with E-state index >= 15 is 0 Å². The maximum atomic E-state index is 8.80. The van der Waals surface area contributed by atoms with Gasteiger partial charge < -0.3 is 5.73 Å². The highest BCUT2D eigenvalue weighted by atomic mass is 32.1. The van der Waals surface area contributed by atoms with E-state index in [4.69, 9.17) is 11.0 Å². The van der Waals surface area contributed by atoms with Crippen molar-refractivity contribution >= 4 is 27.2 Å². The number of fused-ring (bicyclic) bond motifs is 1. The lowest BCUT2D eigenvalue weighted by molar-refractivity contribution is 1.17. The Bertz CT molecular complexity index is 770. The number of nitriles is 1. The van der Waals surface area contributed by atoms with Crippen molar-refractivity contribution in [1.82, 2.24) is 9.97 Å². The van der Waals surface area contributed by atoms with E-state index in [1.54, 1.807) is 11.3 Å². The molecule has 1 aromatic carbocycles. The number of hydrogen-bond acceptors (Lipinski definition) is 5. The Morgan fingerprint density at radius 2 is 2.11 bits per heavy atom. The zero-order chi connectivity index (χ0) is 12.5. The van der Waals surface area contributed by atoms with Crippen LogP contribution < -0.4 is 5.73 Å². The molecular weight excluding hydrogens is 244 g/mol. The van der Waals surface area contributed by atoms with E-state index in [1.165, 1.54) is 10.9 Å². The zero-order valence-electron chi connectivity index (χ0n) is 9.29. The van der Waals surface area contributed by atoms with Crippen molar-refractivity contribution in [3.8, 4) is 17.5 Å². The first kappa shape index (κ1) is 10.7. The van der Waals surface area contributed by atoms with Gasteiger partial charge in [0, 0.05) is 21.0 Å². The van der Waals surface area contributed by atoms with Crippen molar-refractivity contribution < 1.29 is 0 Å². The van der Waals surface area contributed by atoms with Gasteiger partial charge in [-0.25, -0.2) is 9.97 Å². The average Bonchev–Trinajstić information content (AvgIpc) is 2.82. The molecule has 3 rings (SSSR count). The van der Waals surface area contributed by atoms with Crippen LogP contribution in [0.4, 0.5) is 5.82 Å². The fourth-order valence-electron chi connectivity index (χ4n) is 1.76. The Labute approximate surface area is 107 Å². The van der Waals surface area contributed by atoms with Gasteiger partial charge in [-0.2, -0.15) is 5.26 Å². The normalized spacial score (nSPS) is 10.4. The van der Waals surface area contributed by atoms with Gasteiger partial charge in [-0.3, -0.25) is 0 Å². The van der Waals surface area contributed by atoms with E-state index < -0.39 is 0 Å². The van der Waals surface area contributed by atoms with E-state index in [9.17, 15) is 0 Å². The summed E-state index contributed by atoms with van der Waals surface area (Å²) in [6.45, 7) is 0. The molecule has 0 unspecified atom stereocenters. The largest absolute Gasteiger partial charge is 0.382 e. The minimum atomic E-state index is 0.220. The Balaban J connectivity index is 2.21. The predicted octanol–water partition coefficient (Wildman–Crippen LogP) is 2.81. The molecule has 0 fully saturated rings. The second-order valence-electron chi connectivity index (χ2n) is 3.75. The summed E-state index contributed by atoms with van der Waals surface area (Å²) in [6.07, 6.45) is 1.46. The lowest BCUT2D eigenvalue weighted by atomic mass is 10.1. The van der Waals surface area contributed by atoms with Gasteiger partial charge in [0.2, 0.25) is 0 Å². The molecule has 4 nitrogen and oxygen atoms in total. The summed E-state index contributed by atoms with van der Waals surface area (Å²) < 4.78 is 1.18. The molecule has 0 radical (unpaired) electrons. The third-order valence-corrected chi connectivity index (χ3v) is 3.62. The lowest BCUT2D eigenvalue weighted by Crippen LogP contribution is -1.98. The summed E-state index contributed by atoms with van der Waals surface area (Å²) >= 11 is 1.64. The van der Waals surface area contributed by atoms with E-state index in [0.29, 0.717) is 11.4 Å². The molecule has 86 valence electrons. The van der Waals surface area contributed by atoms with E-state index in [-0.39, 0.29) is 5.82 Å². The summed E-state index contributed by atoms with van der Waals surface area (Å²) in [5, 5.41) is 11.9. The summed E-state index contributed by atoms with van der Waals surface area (Å²) in [7, 11) is 0. The minimum Gasteiger partial charge on any atom is -0.382 e. The zero-order valence-corrected chi connectivity index (χ0v) is 10.1. The summed E-state index contributed by atoms with van der Waals surface area (Å²) in [5.41, 5.74) is 6.97. The topological polar surface area (TPSA) is 75.6 Å². The molecule has 3 aromatic rings. The van der Waals surface area contributed by atoms with Crippen LogP contribution in [0.2, 0.25) is 0 Å². The highest BCUT2D eigenvalue weighted by Crippen LogP contribution is 2.32. The quantitative estimate of drug-likeness (QED) is 0.722. The van der Waals surface area contributed by atoms with Crippen molar-refractivity contribution in [2.24, 2.45) is 0 Å². The van der Waals surface area contributed by atoms with Gasteiger partial charge in [-0.1, -0.05) is 18.2 Å². The van der Waals surface area contributed by atoms with Gasteiger partial charge in [-0.05, 0) is 6.07 Å². The van der Waals surface area contributed by atoms with Crippen LogP contribution in [-0.4, -0.2) is 9.97 Å². The number of hydrogen-bond donors (Lipinski definition) is 1.